The second-order valence-corrected chi connectivity index (χ2v) is 3.15. The summed E-state index contributed by atoms with van der Waals surface area (Å²) in [5, 5.41) is 3.37. The zero-order chi connectivity index (χ0) is 8.81. The van der Waals surface area contributed by atoms with E-state index in [1.807, 2.05) is 13.8 Å². The average Bonchev–Trinajstić information content (AvgIpc) is 2.53. The molecule has 1 unspecified atom stereocenters. The third-order valence-electron chi connectivity index (χ3n) is 2.10. The Hall–Kier alpha value is -0.120. The molecule has 0 aliphatic carbocycles. The minimum absolute atomic E-state index is 0.0580. The van der Waals surface area contributed by atoms with Crippen LogP contribution in [0.1, 0.15) is 26.7 Å². The molecule has 0 spiro atoms. The normalized spacial score (nSPS) is 26.0. The van der Waals surface area contributed by atoms with Crippen LogP contribution in [0.3, 0.4) is 0 Å². The van der Waals surface area contributed by atoms with Crippen molar-refractivity contribution in [2.24, 2.45) is 0 Å². The van der Waals surface area contributed by atoms with Gasteiger partial charge >= 0.3 is 0 Å². The molecular weight excluding hydrogens is 154 g/mol. The maximum Gasteiger partial charge on any atom is 0.154 e. The van der Waals surface area contributed by atoms with Gasteiger partial charge in [0.25, 0.3) is 0 Å². The van der Waals surface area contributed by atoms with E-state index in [2.05, 4.69) is 5.32 Å². The van der Waals surface area contributed by atoms with Crippen molar-refractivity contribution in [3.8, 4) is 0 Å². The van der Waals surface area contributed by atoms with Gasteiger partial charge in [0.15, 0.2) is 6.29 Å². The van der Waals surface area contributed by atoms with Crippen molar-refractivity contribution >= 4 is 0 Å². The highest BCUT2D eigenvalue weighted by Gasteiger charge is 2.14. The van der Waals surface area contributed by atoms with Crippen molar-refractivity contribution in [1.29, 1.82) is 0 Å². The second-order valence-electron chi connectivity index (χ2n) is 3.15. The van der Waals surface area contributed by atoms with Gasteiger partial charge in [-0.25, -0.2) is 0 Å². The fraction of sp³-hybridized carbons (Fsp3) is 1.00. The Morgan fingerprint density at radius 2 is 2.33 bits per heavy atom. The summed E-state index contributed by atoms with van der Waals surface area (Å²) in [5.41, 5.74) is 0. The van der Waals surface area contributed by atoms with Crippen LogP contribution in [0.25, 0.3) is 0 Å². The van der Waals surface area contributed by atoms with E-state index in [1.165, 1.54) is 12.8 Å². The van der Waals surface area contributed by atoms with Gasteiger partial charge in [0, 0.05) is 12.6 Å². The smallest absolute Gasteiger partial charge is 0.154 e. The number of hydrogen-bond donors (Lipinski definition) is 1. The van der Waals surface area contributed by atoms with Crippen molar-refractivity contribution in [2.45, 2.75) is 39.0 Å². The molecule has 1 saturated heterocycles. The molecular formula is C9H19NO2. The van der Waals surface area contributed by atoms with Crippen LogP contribution in [0.5, 0.6) is 0 Å². The molecule has 72 valence electrons. The molecule has 0 radical (unpaired) electrons. The van der Waals surface area contributed by atoms with E-state index in [1.54, 1.807) is 0 Å². The summed E-state index contributed by atoms with van der Waals surface area (Å²) >= 11 is 0. The summed E-state index contributed by atoms with van der Waals surface area (Å²) in [5.74, 6) is 0. The van der Waals surface area contributed by atoms with E-state index in [0.29, 0.717) is 6.04 Å². The standard InChI is InChI=1S/C9H19NO2/c1-3-11-8(2)12-7-9-5-4-6-10-9/h8-10H,3-7H2,1-2H3/t8?,9-/m1/s1. The highest BCUT2D eigenvalue weighted by atomic mass is 16.7. The van der Waals surface area contributed by atoms with Crippen LogP contribution >= 0.6 is 0 Å². The lowest BCUT2D eigenvalue weighted by Gasteiger charge is -2.16. The summed E-state index contributed by atoms with van der Waals surface area (Å²) in [6, 6.07) is 0.549. The molecule has 1 heterocycles. The molecule has 1 rings (SSSR count). The largest absolute Gasteiger partial charge is 0.353 e. The average molecular weight is 173 g/mol. The third-order valence-corrected chi connectivity index (χ3v) is 2.10. The van der Waals surface area contributed by atoms with Crippen LogP contribution in [-0.2, 0) is 9.47 Å². The van der Waals surface area contributed by atoms with Gasteiger partial charge in [-0.15, -0.1) is 0 Å². The SMILES string of the molecule is CCOC(C)OC[C@H]1CCCN1. The maximum absolute atomic E-state index is 5.48. The van der Waals surface area contributed by atoms with Gasteiger partial charge in [-0.3, -0.25) is 0 Å². The topological polar surface area (TPSA) is 30.5 Å². The molecule has 12 heavy (non-hydrogen) atoms. The van der Waals surface area contributed by atoms with E-state index in [9.17, 15) is 0 Å². The summed E-state index contributed by atoms with van der Waals surface area (Å²) in [4.78, 5) is 0. The van der Waals surface area contributed by atoms with Crippen LogP contribution in [0.15, 0.2) is 0 Å². The zero-order valence-electron chi connectivity index (χ0n) is 8.01. The fourth-order valence-electron chi connectivity index (χ4n) is 1.43. The number of nitrogens with one attached hydrogen (secondary N) is 1. The van der Waals surface area contributed by atoms with Crippen LogP contribution in [0.4, 0.5) is 0 Å². The molecule has 0 bridgehead atoms. The predicted octanol–water partition coefficient (Wildman–Crippen LogP) is 1.14. The molecule has 1 aliphatic heterocycles. The Labute approximate surface area is 74.4 Å². The highest BCUT2D eigenvalue weighted by molar-refractivity contribution is 4.73. The Balaban J connectivity index is 1.99. The van der Waals surface area contributed by atoms with Crippen molar-refractivity contribution < 1.29 is 9.47 Å². The molecule has 1 aliphatic rings. The second kappa shape index (κ2) is 5.51. The minimum atomic E-state index is -0.0580. The van der Waals surface area contributed by atoms with Crippen LogP contribution < -0.4 is 5.32 Å². The number of rotatable bonds is 5. The van der Waals surface area contributed by atoms with Gasteiger partial charge in [-0.05, 0) is 33.2 Å². The molecule has 2 atom stereocenters. The van der Waals surface area contributed by atoms with Crippen LogP contribution in [0, 0.1) is 0 Å². The number of hydrogen-bond acceptors (Lipinski definition) is 3. The Morgan fingerprint density at radius 1 is 1.50 bits per heavy atom. The first-order valence-corrected chi connectivity index (χ1v) is 4.79. The quantitative estimate of drug-likeness (QED) is 0.632. The van der Waals surface area contributed by atoms with Gasteiger partial charge in [-0.1, -0.05) is 0 Å². The van der Waals surface area contributed by atoms with Crippen LogP contribution in [-0.4, -0.2) is 32.1 Å². The molecule has 1 fully saturated rings. The summed E-state index contributed by atoms with van der Waals surface area (Å²) in [6.45, 7) is 6.56. The molecule has 1 N–H and O–H groups in total. The Bertz CT molecular complexity index is 113. The van der Waals surface area contributed by atoms with Gasteiger partial charge in [0.05, 0.1) is 6.61 Å². The first kappa shape index (κ1) is 9.96. The molecule has 0 aromatic rings. The van der Waals surface area contributed by atoms with Gasteiger partial charge in [-0.2, -0.15) is 0 Å². The first-order valence-electron chi connectivity index (χ1n) is 4.79. The summed E-state index contributed by atoms with van der Waals surface area (Å²) in [6.07, 6.45) is 2.45. The van der Waals surface area contributed by atoms with Crippen molar-refractivity contribution in [1.82, 2.24) is 5.32 Å². The summed E-state index contributed by atoms with van der Waals surface area (Å²) in [7, 11) is 0. The van der Waals surface area contributed by atoms with Gasteiger partial charge < -0.3 is 14.8 Å². The molecule has 0 amide bonds. The van der Waals surface area contributed by atoms with E-state index in [0.717, 1.165) is 19.8 Å². The van der Waals surface area contributed by atoms with Gasteiger partial charge in [0.1, 0.15) is 0 Å². The molecule has 3 nitrogen and oxygen atoms in total. The molecule has 3 heteroatoms. The van der Waals surface area contributed by atoms with Crippen molar-refractivity contribution in [2.75, 3.05) is 19.8 Å². The maximum atomic E-state index is 5.48. The summed E-state index contributed by atoms with van der Waals surface area (Å²) < 4.78 is 10.7. The number of ether oxygens (including phenoxy) is 2. The van der Waals surface area contributed by atoms with Crippen LogP contribution in [0.2, 0.25) is 0 Å². The zero-order valence-corrected chi connectivity index (χ0v) is 8.01. The highest BCUT2D eigenvalue weighted by Crippen LogP contribution is 2.06. The fourth-order valence-corrected chi connectivity index (χ4v) is 1.43. The lowest BCUT2D eigenvalue weighted by molar-refractivity contribution is -0.130. The third kappa shape index (κ3) is 3.52. The van der Waals surface area contributed by atoms with E-state index < -0.39 is 0 Å². The lowest BCUT2D eigenvalue weighted by atomic mass is 10.2. The predicted molar refractivity (Wildman–Crippen MR) is 48.1 cm³/mol. The molecule has 0 saturated carbocycles. The van der Waals surface area contributed by atoms with E-state index in [4.69, 9.17) is 9.47 Å². The van der Waals surface area contributed by atoms with Crippen molar-refractivity contribution in [3.63, 3.8) is 0 Å². The van der Waals surface area contributed by atoms with E-state index in [-0.39, 0.29) is 6.29 Å². The van der Waals surface area contributed by atoms with Gasteiger partial charge in [0.2, 0.25) is 0 Å². The van der Waals surface area contributed by atoms with E-state index >= 15 is 0 Å². The lowest BCUT2D eigenvalue weighted by Crippen LogP contribution is -2.29. The molecule has 0 aromatic heterocycles. The monoisotopic (exact) mass is 173 g/mol. The van der Waals surface area contributed by atoms with Crippen molar-refractivity contribution in [3.05, 3.63) is 0 Å². The Kier molecular flexibility index (Phi) is 4.58. The Morgan fingerprint density at radius 3 is 2.92 bits per heavy atom. The minimum Gasteiger partial charge on any atom is -0.353 e. The molecule has 0 aromatic carbocycles. The first-order chi connectivity index (χ1) is 5.83.